The van der Waals surface area contributed by atoms with Crippen LogP contribution in [0.1, 0.15) is 31.8 Å². The van der Waals surface area contributed by atoms with Crippen molar-refractivity contribution in [2.24, 2.45) is 5.73 Å². The van der Waals surface area contributed by atoms with Gasteiger partial charge in [0.25, 0.3) is 11.8 Å². The van der Waals surface area contributed by atoms with E-state index in [0.29, 0.717) is 18.0 Å². The molecule has 0 saturated heterocycles. The lowest BCUT2D eigenvalue weighted by Crippen LogP contribution is -2.14. The van der Waals surface area contributed by atoms with Gasteiger partial charge in [0.1, 0.15) is 0 Å². The number of carbonyl (C=O) groups excluding carboxylic acids is 2. The molecule has 0 aromatic heterocycles. The Morgan fingerprint density at radius 1 is 1.00 bits per heavy atom. The number of para-hydroxylation sites is 1. The van der Waals surface area contributed by atoms with E-state index in [9.17, 15) is 9.59 Å². The van der Waals surface area contributed by atoms with Crippen LogP contribution in [0, 0.1) is 0 Å². The van der Waals surface area contributed by atoms with Crippen molar-refractivity contribution in [3.8, 4) is 0 Å². The van der Waals surface area contributed by atoms with Gasteiger partial charge in [-0.05, 0) is 47.5 Å². The molecule has 0 radical (unpaired) electrons. The molecule has 3 aromatic carbocycles. The first-order chi connectivity index (χ1) is 13.6. The summed E-state index contributed by atoms with van der Waals surface area (Å²) in [5.41, 5.74) is 10.5. The van der Waals surface area contributed by atoms with Gasteiger partial charge in [-0.25, -0.2) is 0 Å². The Labute approximate surface area is 168 Å². The number of halogens is 1. The number of alkyl halides is 1. The maximum atomic E-state index is 12.1. The SMILES string of the molecule is NCc1ccccc1NC(=O)c1ccc(CCl)cc1.O=C1Nc2cccc1c2. The molecule has 2 amide bonds. The third-order valence-corrected chi connectivity index (χ3v) is 4.55. The fourth-order valence-corrected chi connectivity index (χ4v) is 2.88. The number of anilines is 2. The molecule has 0 saturated carbocycles. The van der Waals surface area contributed by atoms with Crippen molar-refractivity contribution in [1.82, 2.24) is 0 Å². The molecule has 6 heteroatoms. The number of rotatable bonds is 4. The average Bonchev–Trinajstić information content (AvgIpc) is 2.99. The third kappa shape index (κ3) is 4.76. The predicted octanol–water partition coefficient (Wildman–Crippen LogP) is 4.39. The molecule has 5 nitrogen and oxygen atoms in total. The summed E-state index contributed by atoms with van der Waals surface area (Å²) in [6.45, 7) is 0.391. The highest BCUT2D eigenvalue weighted by Crippen LogP contribution is 2.18. The van der Waals surface area contributed by atoms with E-state index in [1.54, 1.807) is 18.2 Å². The Kier molecular flexibility index (Phi) is 6.42. The minimum absolute atomic E-state index is 0.00926. The number of carbonyl (C=O) groups is 2. The summed E-state index contributed by atoms with van der Waals surface area (Å²) in [4.78, 5) is 22.9. The molecule has 1 heterocycles. The molecule has 0 spiro atoms. The van der Waals surface area contributed by atoms with Crippen molar-refractivity contribution in [1.29, 1.82) is 0 Å². The van der Waals surface area contributed by atoms with Crippen molar-refractivity contribution in [3.05, 3.63) is 95.1 Å². The van der Waals surface area contributed by atoms with E-state index >= 15 is 0 Å². The minimum Gasteiger partial charge on any atom is -0.326 e. The molecule has 142 valence electrons. The molecular weight excluding hydrogens is 374 g/mol. The van der Waals surface area contributed by atoms with Crippen LogP contribution in [0.3, 0.4) is 0 Å². The molecule has 2 bridgehead atoms. The van der Waals surface area contributed by atoms with Crippen LogP contribution < -0.4 is 16.4 Å². The first kappa shape index (κ1) is 19.6. The molecule has 4 N–H and O–H groups in total. The van der Waals surface area contributed by atoms with E-state index in [1.807, 2.05) is 54.6 Å². The average molecular weight is 394 g/mol. The summed E-state index contributed by atoms with van der Waals surface area (Å²) in [5.74, 6) is 0.301. The highest BCUT2D eigenvalue weighted by Gasteiger charge is 2.12. The highest BCUT2D eigenvalue weighted by atomic mass is 35.5. The van der Waals surface area contributed by atoms with E-state index in [1.165, 1.54) is 0 Å². The molecule has 0 fully saturated rings. The molecule has 1 aliphatic heterocycles. The van der Waals surface area contributed by atoms with Crippen LogP contribution in [0.4, 0.5) is 11.4 Å². The second kappa shape index (κ2) is 9.17. The lowest BCUT2D eigenvalue weighted by Gasteiger charge is -2.09. The predicted molar refractivity (Wildman–Crippen MR) is 113 cm³/mol. The van der Waals surface area contributed by atoms with Crippen LogP contribution in [-0.2, 0) is 12.4 Å². The van der Waals surface area contributed by atoms with Crippen LogP contribution in [0.5, 0.6) is 0 Å². The largest absolute Gasteiger partial charge is 0.326 e. The monoisotopic (exact) mass is 393 g/mol. The summed E-state index contributed by atoms with van der Waals surface area (Å²) in [5, 5.41) is 5.55. The van der Waals surface area contributed by atoms with Gasteiger partial charge in [0.15, 0.2) is 0 Å². The summed E-state index contributed by atoms with van der Waals surface area (Å²) in [6.07, 6.45) is 0. The molecule has 0 aliphatic carbocycles. The van der Waals surface area contributed by atoms with Crippen LogP contribution in [0.15, 0.2) is 72.8 Å². The first-order valence-corrected chi connectivity index (χ1v) is 9.30. The van der Waals surface area contributed by atoms with Gasteiger partial charge in [0.2, 0.25) is 0 Å². The summed E-state index contributed by atoms with van der Waals surface area (Å²) >= 11 is 5.71. The van der Waals surface area contributed by atoms with Gasteiger partial charge >= 0.3 is 0 Å². The zero-order chi connectivity index (χ0) is 19.9. The van der Waals surface area contributed by atoms with Crippen LogP contribution in [0.25, 0.3) is 0 Å². The van der Waals surface area contributed by atoms with Gasteiger partial charge in [-0.1, -0.05) is 36.4 Å². The Bertz CT molecular complexity index is 987. The van der Waals surface area contributed by atoms with Gasteiger partial charge in [-0.15, -0.1) is 11.6 Å². The van der Waals surface area contributed by atoms with Crippen molar-refractivity contribution < 1.29 is 9.59 Å². The quantitative estimate of drug-likeness (QED) is 0.575. The fraction of sp³-hybridized carbons (Fsp3) is 0.0909. The Morgan fingerprint density at radius 2 is 1.75 bits per heavy atom. The summed E-state index contributed by atoms with van der Waals surface area (Å²) in [6, 6.07) is 22.1. The number of benzene rings is 3. The smallest absolute Gasteiger partial charge is 0.255 e. The number of nitrogens with two attached hydrogens (primary N) is 1. The Hall–Kier alpha value is -3.15. The number of fused-ring (bicyclic) bond motifs is 2. The van der Waals surface area contributed by atoms with E-state index < -0.39 is 0 Å². The molecule has 0 atom stereocenters. The van der Waals surface area contributed by atoms with Gasteiger partial charge in [-0.3, -0.25) is 9.59 Å². The zero-order valence-corrected chi connectivity index (χ0v) is 15.9. The van der Waals surface area contributed by atoms with Gasteiger partial charge in [0, 0.05) is 34.9 Å². The van der Waals surface area contributed by atoms with Crippen LogP contribution in [-0.4, -0.2) is 11.8 Å². The number of hydrogen-bond donors (Lipinski definition) is 3. The van der Waals surface area contributed by atoms with Crippen molar-refractivity contribution in [2.45, 2.75) is 12.4 Å². The molecule has 4 rings (SSSR count). The van der Waals surface area contributed by atoms with Gasteiger partial charge in [0.05, 0.1) is 0 Å². The lowest BCUT2D eigenvalue weighted by atomic mass is 10.1. The fourth-order valence-electron chi connectivity index (χ4n) is 2.70. The maximum Gasteiger partial charge on any atom is 0.255 e. The highest BCUT2D eigenvalue weighted by molar-refractivity contribution is 6.17. The van der Waals surface area contributed by atoms with Gasteiger partial charge < -0.3 is 16.4 Å². The molecular formula is C22H20ClN3O2. The van der Waals surface area contributed by atoms with E-state index in [4.69, 9.17) is 17.3 Å². The van der Waals surface area contributed by atoms with Crippen molar-refractivity contribution in [2.75, 3.05) is 10.6 Å². The standard InChI is InChI=1S/C15H15ClN2O.C7H5NO/c16-9-11-5-7-12(8-6-11)15(19)18-14-4-2-1-3-13(14)10-17;9-7-5-2-1-3-6(4-5)8-7/h1-8H,9-10,17H2,(H,18,19);1-4H,(H,8,9). The van der Waals surface area contributed by atoms with E-state index in [0.717, 1.165) is 28.1 Å². The molecule has 3 aromatic rings. The summed E-state index contributed by atoms with van der Waals surface area (Å²) in [7, 11) is 0. The second-order valence-corrected chi connectivity index (χ2v) is 6.45. The van der Waals surface area contributed by atoms with Crippen molar-refractivity contribution >= 4 is 34.8 Å². The van der Waals surface area contributed by atoms with E-state index in [2.05, 4.69) is 10.6 Å². The van der Waals surface area contributed by atoms with E-state index in [-0.39, 0.29) is 11.8 Å². The topological polar surface area (TPSA) is 84.2 Å². The minimum atomic E-state index is -0.151. The Morgan fingerprint density at radius 3 is 2.39 bits per heavy atom. The molecule has 28 heavy (non-hydrogen) atoms. The van der Waals surface area contributed by atoms with Gasteiger partial charge in [-0.2, -0.15) is 0 Å². The second-order valence-electron chi connectivity index (χ2n) is 6.18. The molecule has 1 aliphatic rings. The van der Waals surface area contributed by atoms with Crippen LogP contribution >= 0.6 is 11.6 Å². The number of amides is 2. The lowest BCUT2D eigenvalue weighted by molar-refractivity contribution is 0.102. The summed E-state index contributed by atoms with van der Waals surface area (Å²) < 4.78 is 0. The van der Waals surface area contributed by atoms with Crippen LogP contribution in [0.2, 0.25) is 0 Å². The number of nitrogens with one attached hydrogen (secondary N) is 2. The third-order valence-electron chi connectivity index (χ3n) is 4.24. The van der Waals surface area contributed by atoms with Crippen molar-refractivity contribution in [3.63, 3.8) is 0 Å². The first-order valence-electron chi connectivity index (χ1n) is 8.76. The maximum absolute atomic E-state index is 12.1. The zero-order valence-electron chi connectivity index (χ0n) is 15.1. The normalized spacial score (nSPS) is 11.3. The Balaban J connectivity index is 0.000000206. The number of hydrogen-bond acceptors (Lipinski definition) is 3. The molecule has 0 unspecified atom stereocenters.